The minimum atomic E-state index is -4.91. The summed E-state index contributed by atoms with van der Waals surface area (Å²) in [5.74, 6) is 0.141. The molecular weight excluding hydrogens is 531 g/mol. The summed E-state index contributed by atoms with van der Waals surface area (Å²) in [7, 11) is -4.04. The Hall–Kier alpha value is -3.35. The molecule has 13 heteroatoms. The number of anilines is 1. The third-order valence-corrected chi connectivity index (χ3v) is 7.80. The van der Waals surface area contributed by atoms with Crippen molar-refractivity contribution >= 4 is 38.5 Å². The maximum Gasteiger partial charge on any atom is 0.573 e. The lowest BCUT2D eigenvalue weighted by Crippen LogP contribution is -2.44. The summed E-state index contributed by atoms with van der Waals surface area (Å²) in [4.78, 5) is 13.9. The topological polar surface area (TPSA) is 100 Å². The molecule has 8 nitrogen and oxygen atoms in total. The highest BCUT2D eigenvalue weighted by Crippen LogP contribution is 2.31. The average Bonchev–Trinajstić information content (AvgIpc) is 3.28. The maximum atomic E-state index is 12.8. The highest BCUT2D eigenvalue weighted by atomic mass is 35.5. The molecule has 37 heavy (non-hydrogen) atoms. The Balaban J connectivity index is 1.28. The number of aromatic nitrogens is 3. The van der Waals surface area contributed by atoms with Crippen molar-refractivity contribution in [3.8, 4) is 17.0 Å². The molecule has 2 aromatic heterocycles. The van der Waals surface area contributed by atoms with Crippen molar-refractivity contribution in [3.05, 3.63) is 65.9 Å². The van der Waals surface area contributed by atoms with Crippen LogP contribution in [0, 0.1) is 0 Å². The van der Waals surface area contributed by atoms with Crippen LogP contribution < -0.4 is 14.4 Å². The summed E-state index contributed by atoms with van der Waals surface area (Å²) in [6.07, 6.45) is -2.47. The van der Waals surface area contributed by atoms with E-state index < -0.39 is 22.1 Å². The first-order valence-corrected chi connectivity index (χ1v) is 13.2. The molecule has 0 unspecified atom stereocenters. The second-order valence-electron chi connectivity index (χ2n) is 8.55. The quantitative estimate of drug-likeness (QED) is 0.345. The van der Waals surface area contributed by atoms with Crippen molar-refractivity contribution in [3.63, 3.8) is 0 Å². The normalized spacial score (nSPS) is 15.3. The molecule has 5 rings (SSSR count). The molecule has 194 valence electrons. The highest BCUT2D eigenvalue weighted by Gasteiger charge is 2.32. The Morgan fingerprint density at radius 3 is 2.49 bits per heavy atom. The zero-order chi connectivity index (χ0) is 26.2. The van der Waals surface area contributed by atoms with Gasteiger partial charge in [-0.05, 0) is 48.7 Å². The zero-order valence-electron chi connectivity index (χ0n) is 19.2. The summed E-state index contributed by atoms with van der Waals surface area (Å²) in [5.41, 5.74) is 2.50. The Bertz CT molecular complexity index is 1520. The number of fused-ring (bicyclic) bond motifs is 1. The summed E-state index contributed by atoms with van der Waals surface area (Å²) in [5, 5.41) is 1.48. The van der Waals surface area contributed by atoms with E-state index in [1.807, 2.05) is 18.2 Å². The van der Waals surface area contributed by atoms with E-state index >= 15 is 0 Å². The third kappa shape index (κ3) is 5.81. The van der Waals surface area contributed by atoms with E-state index in [1.54, 1.807) is 12.1 Å². The first-order chi connectivity index (χ1) is 17.6. The molecule has 0 bridgehead atoms. The lowest BCUT2D eigenvalue weighted by atomic mass is 10.1. The number of hydrogen-bond donors (Lipinski definition) is 2. The number of rotatable bonds is 6. The van der Waals surface area contributed by atoms with Crippen LogP contribution in [0.2, 0.25) is 5.02 Å². The number of halogens is 4. The van der Waals surface area contributed by atoms with Crippen molar-refractivity contribution in [1.82, 2.24) is 19.7 Å². The number of benzene rings is 2. The number of hydrogen-bond acceptors (Lipinski definition) is 6. The van der Waals surface area contributed by atoms with Gasteiger partial charge in [-0.1, -0.05) is 29.8 Å². The van der Waals surface area contributed by atoms with E-state index in [4.69, 9.17) is 11.6 Å². The van der Waals surface area contributed by atoms with Gasteiger partial charge in [-0.15, -0.1) is 13.2 Å². The molecule has 1 saturated heterocycles. The van der Waals surface area contributed by atoms with Crippen LogP contribution in [0.5, 0.6) is 5.75 Å². The Morgan fingerprint density at radius 2 is 1.78 bits per heavy atom. The molecule has 1 aliphatic rings. The molecule has 3 heterocycles. The minimum Gasteiger partial charge on any atom is -0.406 e. The summed E-state index contributed by atoms with van der Waals surface area (Å²) >= 11 is 5.99. The Morgan fingerprint density at radius 1 is 1.05 bits per heavy atom. The van der Waals surface area contributed by atoms with Crippen molar-refractivity contribution < 1.29 is 26.3 Å². The third-order valence-electron chi connectivity index (χ3n) is 6.03. The van der Waals surface area contributed by atoms with Gasteiger partial charge in [-0.3, -0.25) is 0 Å². The molecule has 0 saturated carbocycles. The van der Waals surface area contributed by atoms with E-state index in [-0.39, 0.29) is 10.9 Å². The fourth-order valence-electron chi connectivity index (χ4n) is 4.30. The molecule has 1 aliphatic heterocycles. The number of sulfonamides is 1. The van der Waals surface area contributed by atoms with Gasteiger partial charge in [-0.25, -0.2) is 23.1 Å². The van der Waals surface area contributed by atoms with Crippen LogP contribution in [0.3, 0.4) is 0 Å². The van der Waals surface area contributed by atoms with Gasteiger partial charge < -0.3 is 14.6 Å². The van der Waals surface area contributed by atoms with Gasteiger partial charge >= 0.3 is 6.36 Å². The summed E-state index contributed by atoms with van der Waals surface area (Å²) in [6, 6.07) is 13.3. The molecule has 0 amide bonds. The van der Waals surface area contributed by atoms with Gasteiger partial charge in [0.25, 0.3) is 0 Å². The first kappa shape index (κ1) is 25.3. The second-order valence-corrected chi connectivity index (χ2v) is 10.7. The molecule has 0 atom stereocenters. The van der Waals surface area contributed by atoms with Gasteiger partial charge in [-0.2, -0.15) is 0 Å². The number of alkyl halides is 3. The lowest BCUT2D eigenvalue weighted by Gasteiger charge is -2.33. The molecule has 2 aromatic carbocycles. The van der Waals surface area contributed by atoms with Crippen molar-refractivity contribution in [2.45, 2.75) is 30.1 Å². The van der Waals surface area contributed by atoms with Crippen LogP contribution in [-0.4, -0.2) is 48.9 Å². The minimum absolute atomic E-state index is 0.295. The maximum absolute atomic E-state index is 12.8. The van der Waals surface area contributed by atoms with Gasteiger partial charge in [0.05, 0.1) is 10.3 Å². The van der Waals surface area contributed by atoms with Gasteiger partial charge in [0.1, 0.15) is 23.5 Å². The molecule has 4 aromatic rings. The van der Waals surface area contributed by atoms with E-state index in [2.05, 4.69) is 29.3 Å². The van der Waals surface area contributed by atoms with Crippen molar-refractivity contribution in [2.24, 2.45) is 0 Å². The van der Waals surface area contributed by atoms with Crippen LogP contribution in [-0.2, 0) is 10.0 Å². The Labute approximate surface area is 215 Å². The first-order valence-electron chi connectivity index (χ1n) is 11.3. The predicted molar refractivity (Wildman–Crippen MR) is 133 cm³/mol. The zero-order valence-corrected chi connectivity index (χ0v) is 20.7. The van der Waals surface area contributed by atoms with Crippen LogP contribution in [0.1, 0.15) is 12.8 Å². The number of H-pyrrole nitrogens is 1. The average molecular weight is 552 g/mol. The van der Waals surface area contributed by atoms with Gasteiger partial charge in [0.15, 0.2) is 0 Å². The van der Waals surface area contributed by atoms with E-state index in [9.17, 15) is 21.6 Å². The fourth-order valence-corrected chi connectivity index (χ4v) is 5.76. The van der Waals surface area contributed by atoms with Crippen LogP contribution in [0.4, 0.5) is 19.0 Å². The number of piperidine rings is 1. The van der Waals surface area contributed by atoms with Gasteiger partial charge in [0, 0.05) is 35.9 Å². The largest absolute Gasteiger partial charge is 0.573 e. The van der Waals surface area contributed by atoms with E-state index in [0.717, 1.165) is 34.6 Å². The van der Waals surface area contributed by atoms with Crippen LogP contribution >= 0.6 is 11.6 Å². The smallest absolute Gasteiger partial charge is 0.406 e. The highest BCUT2D eigenvalue weighted by molar-refractivity contribution is 7.89. The summed E-state index contributed by atoms with van der Waals surface area (Å²) < 4.78 is 69.6. The molecule has 0 aliphatic carbocycles. The van der Waals surface area contributed by atoms with E-state index in [0.29, 0.717) is 36.6 Å². The number of aromatic amines is 1. The molecular formula is C24H21ClF3N5O3S. The fraction of sp³-hybridized carbons (Fsp3) is 0.250. The Kier molecular flexibility index (Phi) is 6.73. The molecule has 2 N–H and O–H groups in total. The second kappa shape index (κ2) is 9.84. The SMILES string of the molecule is O=S(=O)(NC1CCN(c2ncnc3[nH]c(-c4ccc(Cl)cc4)cc23)CC1)c1cccc(OC(F)(F)F)c1. The van der Waals surface area contributed by atoms with Crippen LogP contribution in [0.25, 0.3) is 22.3 Å². The molecule has 0 spiro atoms. The standard InChI is InChI=1S/C24H21ClF3N5O3S/c25-16-6-4-15(5-7-16)21-13-20-22(31-21)29-14-30-23(20)33-10-8-17(9-11-33)32-37(34,35)19-3-1-2-18(12-19)36-24(26,27)28/h1-7,12-14,17,32H,8-11H2,(H,29,30,31). The number of ether oxygens (including phenoxy) is 1. The van der Waals surface area contributed by atoms with Crippen LogP contribution in [0.15, 0.2) is 65.8 Å². The van der Waals surface area contributed by atoms with E-state index in [1.165, 1.54) is 18.5 Å². The number of nitrogens with one attached hydrogen (secondary N) is 2. The monoisotopic (exact) mass is 551 g/mol. The number of nitrogens with zero attached hydrogens (tertiary/aromatic N) is 3. The lowest BCUT2D eigenvalue weighted by molar-refractivity contribution is -0.274. The molecule has 1 fully saturated rings. The summed E-state index contributed by atoms with van der Waals surface area (Å²) in [6.45, 7) is 1.05. The predicted octanol–water partition coefficient (Wildman–Crippen LogP) is 5.12. The molecule has 0 radical (unpaired) electrons. The van der Waals surface area contributed by atoms with Gasteiger partial charge in [0.2, 0.25) is 10.0 Å². The van der Waals surface area contributed by atoms with Crippen molar-refractivity contribution in [2.75, 3.05) is 18.0 Å². The van der Waals surface area contributed by atoms with Crippen molar-refractivity contribution in [1.29, 1.82) is 0 Å².